The number of aromatic nitrogens is 4. The molecule has 0 aliphatic rings. The summed E-state index contributed by atoms with van der Waals surface area (Å²) >= 11 is 0. The molecular formula is C10H12N6O. The number of anilines is 1. The molecule has 2 rings (SSSR count). The van der Waals surface area contributed by atoms with Crippen molar-refractivity contribution in [3.8, 4) is 5.82 Å². The number of nitrogen functional groups attached to an aromatic ring is 1. The standard InChI is InChI=1S/C10H12N6O/c1-15(2)10(17)7-5-6-16(14-7)9-4-3-8(11)12-13-9/h3-6H,1-2H3,(H2,11,12). The molecule has 0 saturated heterocycles. The fourth-order valence-corrected chi connectivity index (χ4v) is 1.25. The van der Waals surface area contributed by atoms with Crippen LogP contribution in [0.3, 0.4) is 0 Å². The third kappa shape index (κ3) is 2.22. The second-order valence-corrected chi connectivity index (χ2v) is 3.66. The van der Waals surface area contributed by atoms with E-state index in [1.807, 2.05) is 0 Å². The molecule has 0 aliphatic heterocycles. The number of amides is 1. The fourth-order valence-electron chi connectivity index (χ4n) is 1.25. The van der Waals surface area contributed by atoms with E-state index in [1.54, 1.807) is 38.5 Å². The Morgan fingerprint density at radius 3 is 2.65 bits per heavy atom. The van der Waals surface area contributed by atoms with Crippen LogP contribution in [0.25, 0.3) is 5.82 Å². The maximum absolute atomic E-state index is 11.6. The summed E-state index contributed by atoms with van der Waals surface area (Å²) in [6.07, 6.45) is 1.65. The number of hydrogen-bond donors (Lipinski definition) is 1. The van der Waals surface area contributed by atoms with Crippen LogP contribution in [-0.2, 0) is 0 Å². The van der Waals surface area contributed by atoms with E-state index >= 15 is 0 Å². The lowest BCUT2D eigenvalue weighted by Gasteiger charge is -2.06. The summed E-state index contributed by atoms with van der Waals surface area (Å²) in [5, 5.41) is 11.7. The van der Waals surface area contributed by atoms with Crippen molar-refractivity contribution in [1.29, 1.82) is 0 Å². The number of carbonyl (C=O) groups excluding carboxylic acids is 1. The van der Waals surface area contributed by atoms with Crippen LogP contribution >= 0.6 is 0 Å². The van der Waals surface area contributed by atoms with Gasteiger partial charge in [0.15, 0.2) is 11.5 Å². The Morgan fingerprint density at radius 1 is 1.29 bits per heavy atom. The highest BCUT2D eigenvalue weighted by Gasteiger charge is 2.12. The molecule has 0 unspecified atom stereocenters. The van der Waals surface area contributed by atoms with Crippen LogP contribution in [-0.4, -0.2) is 44.9 Å². The molecule has 7 heteroatoms. The van der Waals surface area contributed by atoms with E-state index in [4.69, 9.17) is 5.73 Å². The molecule has 1 amide bonds. The SMILES string of the molecule is CN(C)C(=O)c1ccn(-c2ccc(N)nn2)n1. The molecule has 7 nitrogen and oxygen atoms in total. The summed E-state index contributed by atoms with van der Waals surface area (Å²) in [7, 11) is 3.34. The van der Waals surface area contributed by atoms with Crippen LogP contribution in [0.2, 0.25) is 0 Å². The maximum atomic E-state index is 11.6. The molecule has 0 aliphatic carbocycles. The first-order valence-corrected chi connectivity index (χ1v) is 4.95. The molecule has 0 bridgehead atoms. The molecule has 0 atom stereocenters. The monoisotopic (exact) mass is 232 g/mol. The summed E-state index contributed by atoms with van der Waals surface area (Å²) in [6, 6.07) is 4.93. The zero-order valence-electron chi connectivity index (χ0n) is 9.53. The zero-order chi connectivity index (χ0) is 12.4. The van der Waals surface area contributed by atoms with Crippen molar-refractivity contribution in [3.63, 3.8) is 0 Å². The normalized spacial score (nSPS) is 10.2. The Kier molecular flexibility index (Phi) is 2.73. The van der Waals surface area contributed by atoms with Gasteiger partial charge in [-0.25, -0.2) is 4.68 Å². The van der Waals surface area contributed by atoms with E-state index in [0.29, 0.717) is 17.3 Å². The lowest BCUT2D eigenvalue weighted by molar-refractivity contribution is 0.0821. The molecule has 0 radical (unpaired) electrons. The molecule has 2 aromatic rings. The highest BCUT2D eigenvalue weighted by molar-refractivity contribution is 5.91. The van der Waals surface area contributed by atoms with Gasteiger partial charge in [-0.05, 0) is 18.2 Å². The van der Waals surface area contributed by atoms with Gasteiger partial charge in [-0.3, -0.25) is 4.79 Å². The Hall–Kier alpha value is -2.44. The van der Waals surface area contributed by atoms with Gasteiger partial charge in [-0.2, -0.15) is 5.10 Å². The fraction of sp³-hybridized carbons (Fsp3) is 0.200. The van der Waals surface area contributed by atoms with E-state index in [1.165, 1.54) is 9.58 Å². The van der Waals surface area contributed by atoms with Crippen molar-refractivity contribution in [1.82, 2.24) is 24.9 Å². The number of hydrogen-bond acceptors (Lipinski definition) is 5. The van der Waals surface area contributed by atoms with Crippen molar-refractivity contribution in [3.05, 3.63) is 30.1 Å². The van der Waals surface area contributed by atoms with Gasteiger partial charge in [0, 0.05) is 20.3 Å². The molecule has 0 spiro atoms. The Balaban J connectivity index is 2.30. The quantitative estimate of drug-likeness (QED) is 0.783. The molecule has 2 N–H and O–H groups in total. The molecule has 88 valence electrons. The van der Waals surface area contributed by atoms with E-state index in [-0.39, 0.29) is 5.91 Å². The van der Waals surface area contributed by atoms with Gasteiger partial charge in [0.05, 0.1) is 0 Å². The lowest BCUT2D eigenvalue weighted by atomic mass is 10.4. The highest BCUT2D eigenvalue weighted by atomic mass is 16.2. The third-order valence-corrected chi connectivity index (χ3v) is 2.12. The lowest BCUT2D eigenvalue weighted by Crippen LogP contribution is -2.22. The average Bonchev–Trinajstić information content (AvgIpc) is 2.78. The zero-order valence-corrected chi connectivity index (χ0v) is 9.53. The average molecular weight is 232 g/mol. The number of nitrogens with two attached hydrogens (primary N) is 1. The summed E-state index contributed by atoms with van der Waals surface area (Å²) in [5.41, 5.74) is 5.79. The maximum Gasteiger partial charge on any atom is 0.273 e. The first-order chi connectivity index (χ1) is 8.08. The Labute approximate surface area is 97.9 Å². The molecule has 17 heavy (non-hydrogen) atoms. The minimum atomic E-state index is -0.160. The van der Waals surface area contributed by atoms with Gasteiger partial charge >= 0.3 is 0 Å². The Bertz CT molecular complexity index is 530. The topological polar surface area (TPSA) is 89.9 Å². The molecular weight excluding hydrogens is 220 g/mol. The first-order valence-electron chi connectivity index (χ1n) is 4.95. The molecule has 2 heterocycles. The number of rotatable bonds is 2. The van der Waals surface area contributed by atoms with E-state index in [0.717, 1.165) is 0 Å². The summed E-state index contributed by atoms with van der Waals surface area (Å²) in [5.74, 6) is 0.689. The van der Waals surface area contributed by atoms with Gasteiger partial charge in [-0.1, -0.05) is 0 Å². The largest absolute Gasteiger partial charge is 0.382 e. The molecule has 0 saturated carbocycles. The van der Waals surface area contributed by atoms with Crippen molar-refractivity contribution < 1.29 is 4.79 Å². The second kappa shape index (κ2) is 4.20. The van der Waals surface area contributed by atoms with Crippen LogP contribution in [0.15, 0.2) is 24.4 Å². The van der Waals surface area contributed by atoms with Crippen LogP contribution in [0, 0.1) is 0 Å². The van der Waals surface area contributed by atoms with E-state index < -0.39 is 0 Å². The molecule has 2 aromatic heterocycles. The van der Waals surface area contributed by atoms with E-state index in [9.17, 15) is 4.79 Å². The summed E-state index contributed by atoms with van der Waals surface area (Å²) in [6.45, 7) is 0. The molecule has 0 fully saturated rings. The Morgan fingerprint density at radius 2 is 2.06 bits per heavy atom. The van der Waals surface area contributed by atoms with Gasteiger partial charge in [0.25, 0.3) is 5.91 Å². The third-order valence-electron chi connectivity index (χ3n) is 2.12. The van der Waals surface area contributed by atoms with Crippen LogP contribution in [0.4, 0.5) is 5.82 Å². The molecule has 0 aromatic carbocycles. The van der Waals surface area contributed by atoms with Crippen molar-refractivity contribution in [2.45, 2.75) is 0 Å². The van der Waals surface area contributed by atoms with Crippen molar-refractivity contribution >= 4 is 11.7 Å². The van der Waals surface area contributed by atoms with Crippen molar-refractivity contribution in [2.75, 3.05) is 19.8 Å². The smallest absolute Gasteiger partial charge is 0.273 e. The predicted octanol–water partition coefficient (Wildman–Crippen LogP) is -0.0537. The van der Waals surface area contributed by atoms with Crippen molar-refractivity contribution in [2.24, 2.45) is 0 Å². The predicted molar refractivity (Wildman–Crippen MR) is 61.6 cm³/mol. The van der Waals surface area contributed by atoms with E-state index in [2.05, 4.69) is 15.3 Å². The first kappa shape index (κ1) is 11.1. The highest BCUT2D eigenvalue weighted by Crippen LogP contribution is 2.06. The van der Waals surface area contributed by atoms with Crippen LogP contribution < -0.4 is 5.73 Å². The van der Waals surface area contributed by atoms with Gasteiger partial charge in [0.1, 0.15) is 5.82 Å². The summed E-state index contributed by atoms with van der Waals surface area (Å²) < 4.78 is 1.48. The van der Waals surface area contributed by atoms with Gasteiger partial charge < -0.3 is 10.6 Å². The second-order valence-electron chi connectivity index (χ2n) is 3.66. The van der Waals surface area contributed by atoms with Gasteiger partial charge in [0.2, 0.25) is 0 Å². The van der Waals surface area contributed by atoms with Gasteiger partial charge in [-0.15, -0.1) is 10.2 Å². The number of nitrogens with zero attached hydrogens (tertiary/aromatic N) is 5. The minimum absolute atomic E-state index is 0.160. The van der Waals surface area contributed by atoms with Crippen LogP contribution in [0.5, 0.6) is 0 Å². The minimum Gasteiger partial charge on any atom is -0.382 e. The number of carbonyl (C=O) groups is 1. The summed E-state index contributed by atoms with van der Waals surface area (Å²) in [4.78, 5) is 13.1. The van der Waals surface area contributed by atoms with Crippen LogP contribution in [0.1, 0.15) is 10.5 Å².